The molecule has 2 unspecified atom stereocenters. The molecule has 0 saturated carbocycles. The lowest BCUT2D eigenvalue weighted by Crippen LogP contribution is -2.40. The van der Waals surface area contributed by atoms with Crippen LogP contribution in [0.5, 0.6) is 0 Å². The van der Waals surface area contributed by atoms with Gasteiger partial charge < -0.3 is 15.0 Å². The third-order valence-electron chi connectivity index (χ3n) is 5.31. The average molecular weight is 502 g/mol. The molecule has 1 aromatic rings. The van der Waals surface area contributed by atoms with Crippen molar-refractivity contribution < 1.29 is 4.74 Å². The smallest absolute Gasteiger partial charge is 0.193 e. The van der Waals surface area contributed by atoms with Crippen LogP contribution in [0.3, 0.4) is 0 Å². The summed E-state index contributed by atoms with van der Waals surface area (Å²) in [4.78, 5) is 9.71. The van der Waals surface area contributed by atoms with Gasteiger partial charge in [-0.2, -0.15) is 0 Å². The molecule has 28 heavy (non-hydrogen) atoms. The number of ether oxygens (including phenoxy) is 1. The zero-order valence-electron chi connectivity index (χ0n) is 18.1. The summed E-state index contributed by atoms with van der Waals surface area (Å²) in [6.45, 7) is 13.0. The molecule has 0 amide bonds. The summed E-state index contributed by atoms with van der Waals surface area (Å²) < 4.78 is 5.60. The zero-order valence-corrected chi connectivity index (χ0v) is 20.4. The topological polar surface area (TPSA) is 40.1 Å². The molecule has 5 nitrogen and oxygen atoms in total. The Morgan fingerprint density at radius 1 is 1.32 bits per heavy atom. The largest absolute Gasteiger partial charge is 0.381 e. The molecule has 0 spiro atoms. The number of benzene rings is 1. The minimum absolute atomic E-state index is 0. The summed E-state index contributed by atoms with van der Waals surface area (Å²) in [6.07, 6.45) is 2.26. The molecule has 1 saturated heterocycles. The molecule has 0 aromatic heterocycles. The molecular weight excluding hydrogens is 463 g/mol. The summed E-state index contributed by atoms with van der Waals surface area (Å²) >= 11 is 0. The fourth-order valence-electron chi connectivity index (χ4n) is 3.48. The van der Waals surface area contributed by atoms with Crippen LogP contribution < -0.4 is 5.32 Å². The Hall–Kier alpha value is -0.860. The van der Waals surface area contributed by atoms with Gasteiger partial charge in [-0.25, -0.2) is 0 Å². The minimum Gasteiger partial charge on any atom is -0.381 e. The van der Waals surface area contributed by atoms with Crippen molar-refractivity contribution in [1.29, 1.82) is 0 Å². The number of halogens is 1. The van der Waals surface area contributed by atoms with E-state index in [1.54, 1.807) is 0 Å². The van der Waals surface area contributed by atoms with E-state index >= 15 is 0 Å². The van der Waals surface area contributed by atoms with Gasteiger partial charge in [-0.05, 0) is 46.2 Å². The van der Waals surface area contributed by atoms with E-state index in [0.29, 0.717) is 12.0 Å². The maximum absolute atomic E-state index is 5.60. The van der Waals surface area contributed by atoms with Crippen LogP contribution >= 0.6 is 24.0 Å². The van der Waals surface area contributed by atoms with Crippen molar-refractivity contribution in [1.82, 2.24) is 15.1 Å². The Bertz CT molecular complexity index is 555. The number of hydrogen-bond donors (Lipinski definition) is 1. The van der Waals surface area contributed by atoms with E-state index in [2.05, 4.69) is 73.3 Å². The van der Waals surface area contributed by atoms with Gasteiger partial charge in [0.05, 0.1) is 6.61 Å². The minimum atomic E-state index is 0. The lowest BCUT2D eigenvalue weighted by Gasteiger charge is -2.25. The standard InChI is InChI=1S/C22H38N4O.HI/c1-5-23-22(26-15-13-21(17-26)18-27-6-2)24-14-12-19(3)25(4)16-20-10-8-7-9-11-20;/h7-11,19,21H,5-6,12-18H2,1-4H3,(H,23,24);1H. The van der Waals surface area contributed by atoms with Crippen molar-refractivity contribution in [2.45, 2.75) is 46.2 Å². The SMILES string of the molecule is CCNC(=NCCC(C)N(C)Cc1ccccc1)N1CCC(COCC)C1.I. The highest BCUT2D eigenvalue weighted by molar-refractivity contribution is 14.0. The molecule has 1 aliphatic heterocycles. The van der Waals surface area contributed by atoms with E-state index in [1.807, 2.05) is 0 Å². The number of rotatable bonds is 10. The van der Waals surface area contributed by atoms with Crippen LogP contribution in [-0.2, 0) is 11.3 Å². The number of likely N-dealkylation sites (tertiary alicyclic amines) is 1. The van der Waals surface area contributed by atoms with Crippen molar-refractivity contribution in [3.63, 3.8) is 0 Å². The molecule has 1 aliphatic rings. The van der Waals surface area contributed by atoms with Crippen LogP contribution in [0.2, 0.25) is 0 Å². The van der Waals surface area contributed by atoms with Crippen LogP contribution in [0.15, 0.2) is 35.3 Å². The van der Waals surface area contributed by atoms with Crippen LogP contribution in [0, 0.1) is 5.92 Å². The van der Waals surface area contributed by atoms with Gasteiger partial charge in [0.25, 0.3) is 0 Å². The molecule has 1 fully saturated rings. The van der Waals surface area contributed by atoms with Gasteiger partial charge in [0.15, 0.2) is 5.96 Å². The molecule has 6 heteroatoms. The van der Waals surface area contributed by atoms with E-state index in [4.69, 9.17) is 9.73 Å². The van der Waals surface area contributed by atoms with Crippen LogP contribution in [-0.4, -0.2) is 68.2 Å². The monoisotopic (exact) mass is 502 g/mol. The van der Waals surface area contributed by atoms with E-state index in [0.717, 1.165) is 58.3 Å². The highest BCUT2D eigenvalue weighted by Gasteiger charge is 2.24. The Balaban J connectivity index is 0.00000392. The molecule has 0 radical (unpaired) electrons. The molecule has 0 bridgehead atoms. The number of aliphatic imine (C=N–C) groups is 1. The third kappa shape index (κ3) is 8.66. The Labute approximate surface area is 188 Å². The van der Waals surface area contributed by atoms with Crippen LogP contribution in [0.1, 0.15) is 39.2 Å². The summed E-state index contributed by atoms with van der Waals surface area (Å²) in [6, 6.07) is 11.2. The molecule has 1 N–H and O–H groups in total. The van der Waals surface area contributed by atoms with E-state index < -0.39 is 0 Å². The highest BCUT2D eigenvalue weighted by atomic mass is 127. The van der Waals surface area contributed by atoms with Crippen LogP contribution in [0.4, 0.5) is 0 Å². The third-order valence-corrected chi connectivity index (χ3v) is 5.31. The molecular formula is C22H39IN4O. The lowest BCUT2D eigenvalue weighted by molar-refractivity contribution is 0.114. The molecule has 1 aromatic carbocycles. The van der Waals surface area contributed by atoms with Gasteiger partial charge in [-0.1, -0.05) is 30.3 Å². The zero-order chi connectivity index (χ0) is 19.5. The molecule has 0 aliphatic carbocycles. The van der Waals surface area contributed by atoms with Gasteiger partial charge in [-0.15, -0.1) is 24.0 Å². The Kier molecular flexibility index (Phi) is 12.7. The Morgan fingerprint density at radius 2 is 2.07 bits per heavy atom. The van der Waals surface area contributed by atoms with E-state index in [1.165, 1.54) is 12.0 Å². The predicted octanol–water partition coefficient (Wildman–Crippen LogP) is 3.84. The first-order valence-electron chi connectivity index (χ1n) is 10.5. The first-order valence-corrected chi connectivity index (χ1v) is 10.5. The first-order chi connectivity index (χ1) is 13.1. The Morgan fingerprint density at radius 3 is 2.75 bits per heavy atom. The number of nitrogens with one attached hydrogen (secondary N) is 1. The van der Waals surface area contributed by atoms with Gasteiger partial charge in [0.1, 0.15) is 0 Å². The first kappa shape index (κ1) is 25.2. The van der Waals surface area contributed by atoms with Crippen molar-refractivity contribution in [3.05, 3.63) is 35.9 Å². The second kappa shape index (κ2) is 14.2. The number of nitrogens with zero attached hydrogens (tertiary/aromatic N) is 3. The lowest BCUT2D eigenvalue weighted by atomic mass is 10.1. The second-order valence-corrected chi connectivity index (χ2v) is 7.53. The van der Waals surface area contributed by atoms with Crippen molar-refractivity contribution in [2.75, 3.05) is 46.4 Å². The summed E-state index contributed by atoms with van der Waals surface area (Å²) in [5.74, 6) is 1.69. The molecule has 1 heterocycles. The normalized spacial score (nSPS) is 18.2. The van der Waals surface area contributed by atoms with Crippen molar-refractivity contribution >= 4 is 29.9 Å². The van der Waals surface area contributed by atoms with E-state index in [9.17, 15) is 0 Å². The molecule has 160 valence electrons. The van der Waals surface area contributed by atoms with Crippen molar-refractivity contribution in [3.8, 4) is 0 Å². The number of hydrogen-bond acceptors (Lipinski definition) is 3. The summed E-state index contributed by atoms with van der Waals surface area (Å²) in [5.41, 5.74) is 1.36. The van der Waals surface area contributed by atoms with Gasteiger partial charge in [-0.3, -0.25) is 9.89 Å². The van der Waals surface area contributed by atoms with E-state index in [-0.39, 0.29) is 24.0 Å². The predicted molar refractivity (Wildman–Crippen MR) is 130 cm³/mol. The summed E-state index contributed by atoms with van der Waals surface area (Å²) in [7, 11) is 2.20. The van der Waals surface area contributed by atoms with Crippen LogP contribution in [0.25, 0.3) is 0 Å². The van der Waals surface area contributed by atoms with Gasteiger partial charge >= 0.3 is 0 Å². The second-order valence-electron chi connectivity index (χ2n) is 7.53. The van der Waals surface area contributed by atoms with Gasteiger partial charge in [0.2, 0.25) is 0 Å². The molecule has 2 rings (SSSR count). The maximum atomic E-state index is 5.60. The fourth-order valence-corrected chi connectivity index (χ4v) is 3.48. The average Bonchev–Trinajstić information content (AvgIpc) is 3.15. The quantitative estimate of drug-likeness (QED) is 0.300. The molecule has 2 atom stereocenters. The summed E-state index contributed by atoms with van der Waals surface area (Å²) in [5, 5.41) is 3.47. The van der Waals surface area contributed by atoms with Crippen molar-refractivity contribution in [2.24, 2.45) is 10.9 Å². The maximum Gasteiger partial charge on any atom is 0.193 e. The fraction of sp³-hybridized carbons (Fsp3) is 0.682. The number of guanidine groups is 1. The highest BCUT2D eigenvalue weighted by Crippen LogP contribution is 2.17. The van der Waals surface area contributed by atoms with Gasteiger partial charge in [0, 0.05) is 51.3 Å².